The number of fused-ring (bicyclic) bond motifs is 1. The number of ether oxygens (including phenoxy) is 1. The van der Waals surface area contributed by atoms with E-state index in [-0.39, 0.29) is 23.9 Å². The highest BCUT2D eigenvalue weighted by atomic mass is 16.7. The zero-order valence-corrected chi connectivity index (χ0v) is 14.4. The van der Waals surface area contributed by atoms with E-state index >= 15 is 0 Å². The Labute approximate surface area is 133 Å². The van der Waals surface area contributed by atoms with Crippen LogP contribution in [0.3, 0.4) is 0 Å². The van der Waals surface area contributed by atoms with Gasteiger partial charge in [-0.3, -0.25) is 0 Å². The van der Waals surface area contributed by atoms with Gasteiger partial charge in [-0.1, -0.05) is 30.3 Å². The summed E-state index contributed by atoms with van der Waals surface area (Å²) < 4.78 is 18.1. The molecule has 0 unspecified atom stereocenters. The third-order valence-electron chi connectivity index (χ3n) is 4.83. The first-order chi connectivity index (χ1) is 10.1. The number of hydrogen-bond donors (Lipinski definition) is 0. The maximum absolute atomic E-state index is 6.09. The lowest BCUT2D eigenvalue weighted by Crippen LogP contribution is -2.41. The van der Waals surface area contributed by atoms with Crippen LogP contribution in [-0.4, -0.2) is 23.9 Å². The molecule has 1 aromatic rings. The molecule has 4 heteroatoms. The van der Waals surface area contributed by atoms with Crippen LogP contribution in [0.25, 0.3) is 6.08 Å². The van der Waals surface area contributed by atoms with Crippen LogP contribution in [-0.2, 0) is 15.7 Å². The fourth-order valence-electron chi connectivity index (χ4n) is 2.92. The first-order valence-electron chi connectivity index (χ1n) is 7.94. The molecule has 3 nitrogen and oxygen atoms in total. The van der Waals surface area contributed by atoms with Gasteiger partial charge in [0.05, 0.1) is 11.2 Å². The van der Waals surface area contributed by atoms with Crippen LogP contribution in [0.4, 0.5) is 0 Å². The van der Waals surface area contributed by atoms with Crippen LogP contribution in [0.5, 0.6) is 5.75 Å². The van der Waals surface area contributed by atoms with Crippen LogP contribution < -0.4 is 4.74 Å². The van der Waals surface area contributed by atoms with Gasteiger partial charge in [-0.15, -0.1) is 0 Å². The first-order valence-corrected chi connectivity index (χ1v) is 7.94. The van der Waals surface area contributed by atoms with Gasteiger partial charge in [0.2, 0.25) is 0 Å². The molecule has 0 bridgehead atoms. The second-order valence-electron chi connectivity index (χ2n) is 7.86. The van der Waals surface area contributed by atoms with Crippen LogP contribution in [0.2, 0.25) is 0 Å². The summed E-state index contributed by atoms with van der Waals surface area (Å²) in [6.07, 6.45) is 2.99. The highest BCUT2D eigenvalue weighted by Crippen LogP contribution is 2.39. The van der Waals surface area contributed by atoms with Crippen LogP contribution in [0.1, 0.15) is 52.7 Å². The second kappa shape index (κ2) is 4.87. The first kappa shape index (κ1) is 15.6. The van der Waals surface area contributed by atoms with Crippen molar-refractivity contribution in [3.63, 3.8) is 0 Å². The SMILES string of the molecule is CC1(C)Cc2cccc(/C=C/B3OC(C)(C)C(C)(C)O3)c2O1. The maximum Gasteiger partial charge on any atom is 0.487 e. The summed E-state index contributed by atoms with van der Waals surface area (Å²) in [6, 6.07) is 6.28. The van der Waals surface area contributed by atoms with E-state index in [4.69, 9.17) is 14.0 Å². The van der Waals surface area contributed by atoms with Gasteiger partial charge in [-0.2, -0.15) is 0 Å². The normalized spacial score (nSPS) is 24.5. The van der Waals surface area contributed by atoms with Gasteiger partial charge in [-0.25, -0.2) is 0 Å². The molecule has 118 valence electrons. The minimum absolute atomic E-state index is 0.128. The Morgan fingerprint density at radius 2 is 1.64 bits per heavy atom. The van der Waals surface area contributed by atoms with E-state index in [0.29, 0.717) is 0 Å². The molecule has 0 N–H and O–H groups in total. The molecule has 0 aromatic heterocycles. The topological polar surface area (TPSA) is 27.7 Å². The fraction of sp³-hybridized carbons (Fsp3) is 0.556. The van der Waals surface area contributed by atoms with Gasteiger partial charge >= 0.3 is 7.12 Å². The maximum atomic E-state index is 6.09. The Hall–Kier alpha value is -1.26. The van der Waals surface area contributed by atoms with E-state index in [2.05, 4.69) is 59.7 Å². The molecule has 2 aliphatic heterocycles. The standard InChI is InChI=1S/C18H25BO3/c1-16(2)12-14-9-7-8-13(15(14)20-16)10-11-19-21-17(3,4)18(5,6)22-19/h7-11H,12H2,1-6H3/b11-10+. The molecule has 0 saturated carbocycles. The fourth-order valence-corrected chi connectivity index (χ4v) is 2.92. The van der Waals surface area contributed by atoms with Gasteiger partial charge in [0.25, 0.3) is 0 Å². The molecule has 1 fully saturated rings. The number of hydrogen-bond acceptors (Lipinski definition) is 3. The molecule has 0 atom stereocenters. The van der Waals surface area contributed by atoms with Crippen molar-refractivity contribution < 1.29 is 14.0 Å². The number of rotatable bonds is 2. The van der Waals surface area contributed by atoms with Crippen molar-refractivity contribution in [1.82, 2.24) is 0 Å². The lowest BCUT2D eigenvalue weighted by atomic mass is 9.88. The van der Waals surface area contributed by atoms with Gasteiger partial charge in [0.15, 0.2) is 0 Å². The average Bonchev–Trinajstić information content (AvgIpc) is 2.78. The molecule has 0 radical (unpaired) electrons. The second-order valence-corrected chi connectivity index (χ2v) is 7.86. The van der Waals surface area contributed by atoms with E-state index in [0.717, 1.165) is 17.7 Å². The van der Waals surface area contributed by atoms with E-state index < -0.39 is 0 Å². The monoisotopic (exact) mass is 300 g/mol. The molecule has 2 aliphatic rings. The summed E-state index contributed by atoms with van der Waals surface area (Å²) in [5, 5.41) is 0. The van der Waals surface area contributed by atoms with Crippen LogP contribution >= 0.6 is 0 Å². The predicted molar refractivity (Wildman–Crippen MR) is 90.0 cm³/mol. The van der Waals surface area contributed by atoms with Crippen molar-refractivity contribution in [1.29, 1.82) is 0 Å². The number of para-hydroxylation sites is 1. The zero-order valence-electron chi connectivity index (χ0n) is 14.4. The van der Waals surface area contributed by atoms with Crippen molar-refractivity contribution in [2.45, 2.75) is 64.8 Å². The Morgan fingerprint density at radius 3 is 2.27 bits per heavy atom. The van der Waals surface area contributed by atoms with Crippen molar-refractivity contribution in [2.75, 3.05) is 0 Å². The van der Waals surface area contributed by atoms with E-state index in [1.165, 1.54) is 5.56 Å². The molecule has 0 aliphatic carbocycles. The third kappa shape index (κ3) is 2.70. The van der Waals surface area contributed by atoms with Crippen molar-refractivity contribution in [3.8, 4) is 5.75 Å². The predicted octanol–water partition coefficient (Wildman–Crippen LogP) is 4.04. The third-order valence-corrected chi connectivity index (χ3v) is 4.83. The summed E-state index contributed by atoms with van der Waals surface area (Å²) >= 11 is 0. The molecule has 0 amide bonds. The molecule has 22 heavy (non-hydrogen) atoms. The van der Waals surface area contributed by atoms with Crippen LogP contribution in [0.15, 0.2) is 24.2 Å². The van der Waals surface area contributed by atoms with Gasteiger partial charge in [0, 0.05) is 12.0 Å². The highest BCUT2D eigenvalue weighted by Gasteiger charge is 2.50. The molecule has 2 heterocycles. The van der Waals surface area contributed by atoms with E-state index in [1.54, 1.807) is 0 Å². The number of benzene rings is 1. The molecular formula is C18H25BO3. The van der Waals surface area contributed by atoms with Gasteiger partial charge in [-0.05, 0) is 47.1 Å². The average molecular weight is 300 g/mol. The summed E-state index contributed by atoms with van der Waals surface area (Å²) in [7, 11) is -0.324. The zero-order chi connectivity index (χ0) is 16.2. The van der Waals surface area contributed by atoms with Crippen molar-refractivity contribution in [2.24, 2.45) is 0 Å². The lowest BCUT2D eigenvalue weighted by molar-refractivity contribution is 0.00578. The van der Waals surface area contributed by atoms with E-state index in [9.17, 15) is 0 Å². The Morgan fingerprint density at radius 1 is 1.00 bits per heavy atom. The summed E-state index contributed by atoms with van der Waals surface area (Å²) in [4.78, 5) is 0. The van der Waals surface area contributed by atoms with Gasteiger partial charge < -0.3 is 14.0 Å². The Balaban J connectivity index is 1.80. The Kier molecular flexibility index (Phi) is 3.46. The summed E-state index contributed by atoms with van der Waals surface area (Å²) in [6.45, 7) is 12.5. The quantitative estimate of drug-likeness (QED) is 0.771. The van der Waals surface area contributed by atoms with Crippen LogP contribution in [0, 0.1) is 0 Å². The summed E-state index contributed by atoms with van der Waals surface area (Å²) in [5.74, 6) is 2.96. The molecule has 3 rings (SSSR count). The van der Waals surface area contributed by atoms with Crippen molar-refractivity contribution >= 4 is 13.2 Å². The Bertz CT molecular complexity index is 601. The molecule has 0 spiro atoms. The summed E-state index contributed by atoms with van der Waals surface area (Å²) in [5.41, 5.74) is 1.60. The minimum Gasteiger partial charge on any atom is -0.487 e. The highest BCUT2D eigenvalue weighted by molar-refractivity contribution is 6.52. The largest absolute Gasteiger partial charge is 0.487 e. The minimum atomic E-state index is -0.324. The van der Waals surface area contributed by atoms with Crippen molar-refractivity contribution in [3.05, 3.63) is 35.3 Å². The smallest absolute Gasteiger partial charge is 0.487 e. The van der Waals surface area contributed by atoms with Gasteiger partial charge in [0.1, 0.15) is 11.4 Å². The molecule has 1 saturated heterocycles. The molecule has 1 aromatic carbocycles. The lowest BCUT2D eigenvalue weighted by Gasteiger charge is -2.32. The van der Waals surface area contributed by atoms with E-state index in [1.807, 2.05) is 12.1 Å². The molecular weight excluding hydrogens is 275 g/mol.